The predicted molar refractivity (Wildman–Crippen MR) is 77.2 cm³/mol. The van der Waals surface area contributed by atoms with E-state index in [-0.39, 0.29) is 5.91 Å². The Labute approximate surface area is 120 Å². The van der Waals surface area contributed by atoms with Crippen molar-refractivity contribution in [3.05, 3.63) is 45.2 Å². The molecule has 0 aromatic carbocycles. The number of anilines is 1. The highest BCUT2D eigenvalue weighted by Crippen LogP contribution is 2.23. The van der Waals surface area contributed by atoms with E-state index in [4.69, 9.17) is 17.4 Å². The molecular weight excluding hydrogens is 284 g/mol. The van der Waals surface area contributed by atoms with Gasteiger partial charge in [-0.15, -0.1) is 11.3 Å². The average Bonchev–Trinajstić information content (AvgIpc) is 2.83. The number of halogens is 1. The van der Waals surface area contributed by atoms with Crippen molar-refractivity contribution in [2.24, 2.45) is 5.84 Å². The summed E-state index contributed by atoms with van der Waals surface area (Å²) >= 11 is 7.32. The molecular formula is C12H13ClN4OS. The summed E-state index contributed by atoms with van der Waals surface area (Å²) in [6.07, 6.45) is 1.57. The van der Waals surface area contributed by atoms with Crippen LogP contribution in [-0.4, -0.2) is 22.8 Å². The van der Waals surface area contributed by atoms with Gasteiger partial charge in [-0.25, -0.2) is 10.8 Å². The van der Waals surface area contributed by atoms with Crippen LogP contribution < -0.4 is 11.3 Å². The van der Waals surface area contributed by atoms with Crippen LogP contribution in [0.3, 0.4) is 0 Å². The van der Waals surface area contributed by atoms with Gasteiger partial charge in [0, 0.05) is 18.1 Å². The van der Waals surface area contributed by atoms with Crippen molar-refractivity contribution in [3.8, 4) is 0 Å². The highest BCUT2D eigenvalue weighted by molar-refractivity contribution is 7.16. The van der Waals surface area contributed by atoms with E-state index in [1.54, 1.807) is 30.3 Å². The van der Waals surface area contributed by atoms with Crippen molar-refractivity contribution in [1.29, 1.82) is 0 Å². The first-order chi connectivity index (χ1) is 9.11. The fraction of sp³-hybridized carbons (Fsp3) is 0.167. The molecule has 3 N–H and O–H groups in total. The summed E-state index contributed by atoms with van der Waals surface area (Å²) in [5.41, 5.74) is 2.86. The number of hydrogen-bond acceptors (Lipinski definition) is 5. The molecule has 2 heterocycles. The summed E-state index contributed by atoms with van der Waals surface area (Å²) in [6, 6.07) is 7.10. The van der Waals surface area contributed by atoms with Gasteiger partial charge in [0.25, 0.3) is 5.91 Å². The van der Waals surface area contributed by atoms with Crippen molar-refractivity contribution in [3.63, 3.8) is 0 Å². The molecule has 19 heavy (non-hydrogen) atoms. The van der Waals surface area contributed by atoms with Crippen molar-refractivity contribution >= 4 is 34.7 Å². The molecule has 0 radical (unpaired) electrons. The predicted octanol–water partition coefficient (Wildman–Crippen LogP) is 2.35. The normalized spacial score (nSPS) is 10.3. The Morgan fingerprint density at radius 2 is 2.32 bits per heavy atom. The molecule has 2 rings (SSSR count). The average molecular weight is 297 g/mol. The lowest BCUT2D eigenvalue weighted by Gasteiger charge is -2.17. The topological polar surface area (TPSA) is 71.2 Å². The Balaban J connectivity index is 2.14. The van der Waals surface area contributed by atoms with Crippen molar-refractivity contribution < 1.29 is 4.79 Å². The van der Waals surface area contributed by atoms with Crippen LogP contribution in [0, 0.1) is 0 Å². The number of nitrogens with two attached hydrogens (primary N) is 1. The Kier molecular flexibility index (Phi) is 4.36. The van der Waals surface area contributed by atoms with Crippen LogP contribution in [-0.2, 0) is 6.54 Å². The number of carbonyl (C=O) groups excluding carboxylic acids is 1. The van der Waals surface area contributed by atoms with Gasteiger partial charge in [-0.2, -0.15) is 0 Å². The van der Waals surface area contributed by atoms with E-state index in [0.29, 0.717) is 22.3 Å². The zero-order valence-electron chi connectivity index (χ0n) is 10.3. The summed E-state index contributed by atoms with van der Waals surface area (Å²) in [4.78, 5) is 18.9. The van der Waals surface area contributed by atoms with Crippen LogP contribution >= 0.6 is 22.9 Å². The van der Waals surface area contributed by atoms with E-state index in [9.17, 15) is 4.79 Å². The van der Waals surface area contributed by atoms with Crippen LogP contribution in [0.4, 0.5) is 5.82 Å². The Bertz CT molecular complexity index is 587. The lowest BCUT2D eigenvalue weighted by molar-refractivity contribution is 0.0787. The van der Waals surface area contributed by atoms with Gasteiger partial charge in [0.1, 0.15) is 0 Å². The first-order valence-corrected chi connectivity index (χ1v) is 6.72. The van der Waals surface area contributed by atoms with E-state index in [1.807, 2.05) is 12.1 Å². The summed E-state index contributed by atoms with van der Waals surface area (Å²) in [7, 11) is 1.73. The van der Waals surface area contributed by atoms with Gasteiger partial charge in [0.2, 0.25) is 0 Å². The van der Waals surface area contributed by atoms with Gasteiger partial charge < -0.3 is 10.3 Å². The maximum atomic E-state index is 12.3. The lowest BCUT2D eigenvalue weighted by atomic mass is 10.2. The number of nitrogens with zero attached hydrogens (tertiary/aromatic N) is 2. The summed E-state index contributed by atoms with van der Waals surface area (Å²) in [6.45, 7) is 0.495. The quantitative estimate of drug-likeness (QED) is 0.671. The third-order valence-corrected chi connectivity index (χ3v) is 3.76. The minimum absolute atomic E-state index is 0.148. The van der Waals surface area contributed by atoms with Crippen LogP contribution in [0.2, 0.25) is 4.34 Å². The second-order valence-electron chi connectivity index (χ2n) is 3.91. The third kappa shape index (κ3) is 3.23. The molecule has 0 unspecified atom stereocenters. The van der Waals surface area contributed by atoms with Crippen LogP contribution in [0.1, 0.15) is 15.2 Å². The summed E-state index contributed by atoms with van der Waals surface area (Å²) < 4.78 is 0.710. The number of thiophene rings is 1. The number of hydrogen-bond donors (Lipinski definition) is 2. The number of pyridine rings is 1. The fourth-order valence-electron chi connectivity index (χ4n) is 1.64. The molecule has 5 nitrogen and oxygen atoms in total. The van der Waals surface area contributed by atoms with Gasteiger partial charge >= 0.3 is 0 Å². The zero-order valence-corrected chi connectivity index (χ0v) is 11.8. The SMILES string of the molecule is CN(Cc1ccc(Cl)s1)C(=O)c1cccnc1NN. The molecule has 7 heteroatoms. The number of rotatable bonds is 4. The third-order valence-electron chi connectivity index (χ3n) is 2.54. The zero-order chi connectivity index (χ0) is 13.8. The van der Waals surface area contributed by atoms with Gasteiger partial charge in [0.05, 0.1) is 16.4 Å². The molecule has 0 aliphatic rings. The van der Waals surface area contributed by atoms with E-state index in [0.717, 1.165) is 4.88 Å². The maximum absolute atomic E-state index is 12.3. The smallest absolute Gasteiger partial charge is 0.257 e. The Hall–Kier alpha value is -1.63. The van der Waals surface area contributed by atoms with Gasteiger partial charge in [-0.05, 0) is 24.3 Å². The van der Waals surface area contributed by atoms with Crippen molar-refractivity contribution in [2.75, 3.05) is 12.5 Å². The molecule has 0 aliphatic carbocycles. The van der Waals surface area contributed by atoms with E-state index < -0.39 is 0 Å². The lowest BCUT2D eigenvalue weighted by Crippen LogP contribution is -2.27. The number of nitrogens with one attached hydrogen (secondary N) is 1. The molecule has 100 valence electrons. The maximum Gasteiger partial charge on any atom is 0.257 e. The molecule has 0 bridgehead atoms. The van der Waals surface area contributed by atoms with Crippen molar-refractivity contribution in [1.82, 2.24) is 9.88 Å². The minimum Gasteiger partial charge on any atom is -0.336 e. The second kappa shape index (κ2) is 6.01. The van der Waals surface area contributed by atoms with Gasteiger partial charge in [-0.1, -0.05) is 11.6 Å². The molecule has 0 fully saturated rings. The number of aromatic nitrogens is 1. The molecule has 0 atom stereocenters. The Morgan fingerprint density at radius 3 is 2.95 bits per heavy atom. The first kappa shape index (κ1) is 13.8. The van der Waals surface area contributed by atoms with E-state index in [2.05, 4.69) is 10.4 Å². The highest BCUT2D eigenvalue weighted by Gasteiger charge is 2.16. The van der Waals surface area contributed by atoms with Gasteiger partial charge in [-0.3, -0.25) is 4.79 Å². The Morgan fingerprint density at radius 1 is 1.53 bits per heavy atom. The second-order valence-corrected chi connectivity index (χ2v) is 5.71. The number of nitrogen functional groups attached to an aromatic ring is 1. The highest BCUT2D eigenvalue weighted by atomic mass is 35.5. The minimum atomic E-state index is -0.148. The van der Waals surface area contributed by atoms with Crippen LogP contribution in [0.15, 0.2) is 30.5 Å². The van der Waals surface area contributed by atoms with Crippen LogP contribution in [0.25, 0.3) is 0 Å². The standard InChI is InChI=1S/C12H13ClN4OS/c1-17(7-8-4-5-10(13)19-8)12(18)9-3-2-6-15-11(9)16-14/h2-6H,7,14H2,1H3,(H,15,16). The van der Waals surface area contributed by atoms with Crippen LogP contribution in [0.5, 0.6) is 0 Å². The van der Waals surface area contributed by atoms with Crippen molar-refractivity contribution in [2.45, 2.75) is 6.54 Å². The summed E-state index contributed by atoms with van der Waals surface area (Å²) in [5.74, 6) is 5.56. The number of carbonyl (C=O) groups is 1. The molecule has 0 saturated carbocycles. The van der Waals surface area contributed by atoms with Gasteiger partial charge in [0.15, 0.2) is 5.82 Å². The largest absolute Gasteiger partial charge is 0.336 e. The summed E-state index contributed by atoms with van der Waals surface area (Å²) in [5, 5.41) is 0. The fourth-order valence-corrected chi connectivity index (χ4v) is 2.78. The monoisotopic (exact) mass is 296 g/mol. The first-order valence-electron chi connectivity index (χ1n) is 5.53. The van der Waals surface area contributed by atoms with E-state index >= 15 is 0 Å². The molecule has 0 aliphatic heterocycles. The number of hydrazine groups is 1. The van der Waals surface area contributed by atoms with E-state index in [1.165, 1.54) is 11.3 Å². The molecule has 1 amide bonds. The molecule has 0 spiro atoms. The number of amides is 1. The molecule has 2 aromatic heterocycles. The molecule has 0 saturated heterocycles. The molecule has 2 aromatic rings.